The van der Waals surface area contributed by atoms with Gasteiger partial charge in [0.15, 0.2) is 0 Å². The van der Waals surface area contributed by atoms with Crippen molar-refractivity contribution in [3.8, 4) is 0 Å². The zero-order valence-corrected chi connectivity index (χ0v) is 11.9. The molecule has 0 saturated carbocycles. The summed E-state index contributed by atoms with van der Waals surface area (Å²) in [6.07, 6.45) is 1.22. The number of benzene rings is 1. The minimum Gasteiger partial charge on any atom is -0.323 e. The van der Waals surface area contributed by atoms with Crippen LogP contribution in [0.1, 0.15) is 24.0 Å². The van der Waals surface area contributed by atoms with Crippen LogP contribution in [0.4, 0.5) is 9.18 Å². The van der Waals surface area contributed by atoms with Gasteiger partial charge < -0.3 is 10.6 Å². The minimum atomic E-state index is -0.754. The maximum atomic E-state index is 13.1. The lowest BCUT2D eigenvalue weighted by Gasteiger charge is -2.31. The van der Waals surface area contributed by atoms with Gasteiger partial charge in [-0.3, -0.25) is 9.69 Å². The van der Waals surface area contributed by atoms with Gasteiger partial charge in [0.1, 0.15) is 11.4 Å². The number of nitrogens with one attached hydrogen (secondary N) is 2. The van der Waals surface area contributed by atoms with Crippen LogP contribution >= 0.6 is 0 Å². The molecule has 3 amide bonds. The number of rotatable bonds is 2. The van der Waals surface area contributed by atoms with Crippen molar-refractivity contribution in [3.63, 3.8) is 0 Å². The molecule has 1 aromatic rings. The van der Waals surface area contributed by atoms with Crippen molar-refractivity contribution in [2.45, 2.75) is 31.8 Å². The number of piperidine rings is 1. The second-order valence-corrected chi connectivity index (χ2v) is 5.72. The quantitative estimate of drug-likeness (QED) is 0.808. The predicted molar refractivity (Wildman–Crippen MR) is 75.1 cm³/mol. The molecule has 0 unspecified atom stereocenters. The van der Waals surface area contributed by atoms with Crippen molar-refractivity contribution in [2.24, 2.45) is 0 Å². The molecular formula is C15H18FN3O2. The van der Waals surface area contributed by atoms with E-state index in [4.69, 9.17) is 0 Å². The topological polar surface area (TPSA) is 61.4 Å². The van der Waals surface area contributed by atoms with E-state index in [-0.39, 0.29) is 24.3 Å². The molecule has 0 aliphatic carbocycles. The van der Waals surface area contributed by atoms with Crippen molar-refractivity contribution < 1.29 is 14.0 Å². The molecule has 6 heteroatoms. The van der Waals surface area contributed by atoms with Gasteiger partial charge in [0.05, 0.1) is 6.54 Å². The lowest BCUT2D eigenvalue weighted by molar-refractivity contribution is -0.132. The van der Waals surface area contributed by atoms with E-state index in [1.807, 2.05) is 0 Å². The first-order valence-corrected chi connectivity index (χ1v) is 7.12. The van der Waals surface area contributed by atoms with Crippen LogP contribution in [-0.4, -0.2) is 35.5 Å². The largest absolute Gasteiger partial charge is 0.325 e. The number of carbonyl (C=O) groups excluding carboxylic acids is 2. The molecule has 3 rings (SSSR count). The second kappa shape index (κ2) is 5.11. The number of carbonyl (C=O) groups is 2. The summed E-state index contributed by atoms with van der Waals surface area (Å²) in [7, 11) is 0. The van der Waals surface area contributed by atoms with Crippen molar-refractivity contribution in [2.75, 3.05) is 13.1 Å². The van der Waals surface area contributed by atoms with Crippen LogP contribution in [0.2, 0.25) is 0 Å². The highest BCUT2D eigenvalue weighted by Gasteiger charge is 2.51. The molecule has 21 heavy (non-hydrogen) atoms. The van der Waals surface area contributed by atoms with E-state index in [9.17, 15) is 14.0 Å². The Kier molecular flexibility index (Phi) is 3.41. The van der Waals surface area contributed by atoms with Crippen LogP contribution in [-0.2, 0) is 11.3 Å². The zero-order valence-electron chi connectivity index (χ0n) is 11.9. The summed E-state index contributed by atoms with van der Waals surface area (Å²) >= 11 is 0. The van der Waals surface area contributed by atoms with Gasteiger partial charge in [-0.05, 0) is 56.1 Å². The Balaban J connectivity index is 1.82. The molecule has 1 aromatic carbocycles. The van der Waals surface area contributed by atoms with Crippen LogP contribution in [0, 0.1) is 12.7 Å². The number of urea groups is 1. The van der Waals surface area contributed by atoms with E-state index < -0.39 is 5.54 Å². The van der Waals surface area contributed by atoms with Crippen LogP contribution in [0.25, 0.3) is 0 Å². The smallest absolute Gasteiger partial charge is 0.323 e. The summed E-state index contributed by atoms with van der Waals surface area (Å²) in [4.78, 5) is 26.0. The summed E-state index contributed by atoms with van der Waals surface area (Å²) in [5.74, 6) is -0.485. The number of imide groups is 1. The second-order valence-electron chi connectivity index (χ2n) is 5.72. The Morgan fingerprint density at radius 3 is 2.67 bits per heavy atom. The van der Waals surface area contributed by atoms with E-state index >= 15 is 0 Å². The molecule has 0 bridgehead atoms. The maximum absolute atomic E-state index is 13.1. The van der Waals surface area contributed by atoms with E-state index in [0.717, 1.165) is 24.2 Å². The van der Waals surface area contributed by atoms with Gasteiger partial charge in [0.25, 0.3) is 5.91 Å². The third-order valence-electron chi connectivity index (χ3n) is 4.34. The third kappa shape index (κ3) is 2.40. The maximum Gasteiger partial charge on any atom is 0.325 e. The van der Waals surface area contributed by atoms with Gasteiger partial charge >= 0.3 is 6.03 Å². The molecule has 1 spiro atoms. The number of hydrogen-bond donors (Lipinski definition) is 2. The Hall–Kier alpha value is -1.95. The Labute approximate surface area is 122 Å². The molecule has 2 heterocycles. The summed E-state index contributed by atoms with van der Waals surface area (Å²) in [5.41, 5.74) is 0.767. The zero-order chi connectivity index (χ0) is 15.0. The predicted octanol–water partition coefficient (Wildman–Crippen LogP) is 1.31. The first-order chi connectivity index (χ1) is 10.0. The Morgan fingerprint density at radius 2 is 2.00 bits per heavy atom. The van der Waals surface area contributed by atoms with Crippen molar-refractivity contribution >= 4 is 11.9 Å². The number of hydrogen-bond acceptors (Lipinski definition) is 3. The van der Waals surface area contributed by atoms with Gasteiger partial charge in [0.2, 0.25) is 0 Å². The summed E-state index contributed by atoms with van der Waals surface area (Å²) in [6, 6.07) is 4.03. The van der Waals surface area contributed by atoms with Crippen molar-refractivity contribution in [1.82, 2.24) is 15.5 Å². The molecule has 112 valence electrons. The van der Waals surface area contributed by atoms with Gasteiger partial charge in [-0.1, -0.05) is 6.07 Å². The van der Waals surface area contributed by atoms with E-state index in [2.05, 4.69) is 10.6 Å². The first-order valence-electron chi connectivity index (χ1n) is 7.12. The highest BCUT2D eigenvalue weighted by atomic mass is 19.1. The molecule has 2 N–H and O–H groups in total. The van der Waals surface area contributed by atoms with Gasteiger partial charge in [-0.15, -0.1) is 0 Å². The molecular weight excluding hydrogens is 273 g/mol. The molecule has 2 aliphatic rings. The van der Waals surface area contributed by atoms with Gasteiger partial charge in [0, 0.05) is 0 Å². The molecule has 0 radical (unpaired) electrons. The fraction of sp³-hybridized carbons (Fsp3) is 0.467. The lowest BCUT2D eigenvalue weighted by atomic mass is 9.88. The fourth-order valence-corrected chi connectivity index (χ4v) is 3.02. The number of halogens is 1. The van der Waals surface area contributed by atoms with Gasteiger partial charge in [-0.25, -0.2) is 9.18 Å². The lowest BCUT2D eigenvalue weighted by Crippen LogP contribution is -2.53. The molecule has 0 aromatic heterocycles. The van der Waals surface area contributed by atoms with Gasteiger partial charge in [-0.2, -0.15) is 0 Å². The first kappa shape index (κ1) is 14.0. The Bertz CT molecular complexity index is 597. The van der Waals surface area contributed by atoms with E-state index in [0.29, 0.717) is 12.8 Å². The van der Waals surface area contributed by atoms with Crippen molar-refractivity contribution in [3.05, 3.63) is 35.1 Å². The SMILES string of the molecule is Cc1cc(F)ccc1CN1C(=O)NC2(CCNCC2)C1=O. The molecule has 2 saturated heterocycles. The van der Waals surface area contributed by atoms with Crippen LogP contribution in [0.15, 0.2) is 18.2 Å². The summed E-state index contributed by atoms with van der Waals surface area (Å²) < 4.78 is 13.1. The average Bonchev–Trinajstić information content (AvgIpc) is 2.67. The Morgan fingerprint density at radius 1 is 1.29 bits per heavy atom. The third-order valence-corrected chi connectivity index (χ3v) is 4.34. The van der Waals surface area contributed by atoms with E-state index in [1.54, 1.807) is 13.0 Å². The number of aryl methyl sites for hydroxylation is 1. The standard InChI is InChI=1S/C15H18FN3O2/c1-10-8-12(16)3-2-11(10)9-19-13(20)15(18-14(19)21)4-6-17-7-5-15/h2-3,8,17H,4-7,9H2,1H3,(H,18,21). The highest BCUT2D eigenvalue weighted by molar-refractivity contribution is 6.07. The van der Waals surface area contributed by atoms with Crippen LogP contribution in [0.5, 0.6) is 0 Å². The normalized spacial score (nSPS) is 21.0. The molecule has 2 aliphatic heterocycles. The monoisotopic (exact) mass is 291 g/mol. The van der Waals surface area contributed by atoms with E-state index in [1.165, 1.54) is 17.0 Å². The van der Waals surface area contributed by atoms with Crippen molar-refractivity contribution in [1.29, 1.82) is 0 Å². The fourth-order valence-electron chi connectivity index (χ4n) is 3.02. The van der Waals surface area contributed by atoms with Crippen LogP contribution in [0.3, 0.4) is 0 Å². The number of amides is 3. The molecule has 2 fully saturated rings. The molecule has 5 nitrogen and oxygen atoms in total. The molecule has 0 atom stereocenters. The summed E-state index contributed by atoms with van der Waals surface area (Å²) in [5, 5.41) is 6.03. The number of nitrogens with zero attached hydrogens (tertiary/aromatic N) is 1. The minimum absolute atomic E-state index is 0.169. The average molecular weight is 291 g/mol. The highest BCUT2D eigenvalue weighted by Crippen LogP contribution is 2.28. The van der Waals surface area contributed by atoms with Crippen LogP contribution < -0.4 is 10.6 Å². The summed E-state index contributed by atoms with van der Waals surface area (Å²) in [6.45, 7) is 3.40.